The molecular formula is C22H27ClN2O3S. The summed E-state index contributed by atoms with van der Waals surface area (Å²) in [6.07, 6.45) is 1.98. The molecule has 3 N–H and O–H groups in total. The molecule has 0 spiro atoms. The van der Waals surface area contributed by atoms with E-state index in [0.717, 1.165) is 29.7 Å². The molecule has 0 saturated carbocycles. The van der Waals surface area contributed by atoms with E-state index in [2.05, 4.69) is 26.1 Å². The first-order valence-corrected chi connectivity index (χ1v) is 10.9. The van der Waals surface area contributed by atoms with E-state index in [1.165, 1.54) is 11.3 Å². The quantitative estimate of drug-likeness (QED) is 0.690. The zero-order valence-corrected chi connectivity index (χ0v) is 18.7. The van der Waals surface area contributed by atoms with Gasteiger partial charge in [-0.25, -0.2) is 0 Å². The van der Waals surface area contributed by atoms with Crippen molar-refractivity contribution in [3.05, 3.63) is 45.3 Å². The van der Waals surface area contributed by atoms with Crippen LogP contribution in [-0.4, -0.2) is 17.9 Å². The maximum absolute atomic E-state index is 12.7. The van der Waals surface area contributed by atoms with Crippen LogP contribution in [0.4, 0.5) is 5.00 Å². The van der Waals surface area contributed by atoms with Gasteiger partial charge in [-0.05, 0) is 67.3 Å². The molecule has 2 atom stereocenters. The van der Waals surface area contributed by atoms with Crippen molar-refractivity contribution in [3.8, 4) is 5.75 Å². The lowest BCUT2D eigenvalue weighted by atomic mass is 9.72. The van der Waals surface area contributed by atoms with E-state index < -0.39 is 12.0 Å². The van der Waals surface area contributed by atoms with Crippen LogP contribution in [0.1, 0.15) is 54.9 Å². The maximum Gasteiger partial charge on any atom is 0.265 e. The molecule has 1 aliphatic rings. The number of benzene rings is 1. The molecule has 0 unspecified atom stereocenters. The van der Waals surface area contributed by atoms with Crippen molar-refractivity contribution in [1.82, 2.24) is 0 Å². The number of nitrogens with two attached hydrogens (primary N) is 1. The summed E-state index contributed by atoms with van der Waals surface area (Å²) in [7, 11) is 0. The van der Waals surface area contributed by atoms with Crippen molar-refractivity contribution in [2.24, 2.45) is 17.1 Å². The highest BCUT2D eigenvalue weighted by molar-refractivity contribution is 7.17. The molecule has 7 heteroatoms. The first kappa shape index (κ1) is 21.7. The highest BCUT2D eigenvalue weighted by Gasteiger charge is 2.33. The number of fused-ring (bicyclic) bond motifs is 1. The second kappa shape index (κ2) is 8.36. The van der Waals surface area contributed by atoms with Crippen LogP contribution in [0.2, 0.25) is 5.02 Å². The van der Waals surface area contributed by atoms with Crippen molar-refractivity contribution in [2.75, 3.05) is 5.32 Å². The number of carbonyl (C=O) groups excluding carboxylic acids is 2. The predicted octanol–water partition coefficient (Wildman–Crippen LogP) is 5.06. The van der Waals surface area contributed by atoms with E-state index in [1.807, 2.05) is 0 Å². The van der Waals surface area contributed by atoms with Crippen LogP contribution in [-0.2, 0) is 17.6 Å². The van der Waals surface area contributed by atoms with Gasteiger partial charge in [-0.3, -0.25) is 9.59 Å². The smallest absolute Gasteiger partial charge is 0.265 e. The van der Waals surface area contributed by atoms with Crippen molar-refractivity contribution in [3.63, 3.8) is 0 Å². The fourth-order valence-corrected chi connectivity index (χ4v) is 5.12. The summed E-state index contributed by atoms with van der Waals surface area (Å²) in [5, 5.41) is 3.98. The molecule has 0 fully saturated rings. The van der Waals surface area contributed by atoms with Gasteiger partial charge in [0.25, 0.3) is 11.8 Å². The Morgan fingerprint density at radius 2 is 1.93 bits per heavy atom. The third-order valence-electron chi connectivity index (χ3n) is 5.47. The number of rotatable bonds is 5. The molecule has 0 radical (unpaired) electrons. The Kier molecular flexibility index (Phi) is 6.24. The van der Waals surface area contributed by atoms with Crippen LogP contribution in [0.3, 0.4) is 0 Å². The number of halogens is 1. The van der Waals surface area contributed by atoms with Gasteiger partial charge < -0.3 is 15.8 Å². The minimum Gasteiger partial charge on any atom is -0.481 e. The van der Waals surface area contributed by atoms with Crippen LogP contribution in [0, 0.1) is 11.3 Å². The zero-order valence-electron chi connectivity index (χ0n) is 17.2. The van der Waals surface area contributed by atoms with E-state index in [0.29, 0.717) is 27.3 Å². The highest BCUT2D eigenvalue weighted by atomic mass is 35.5. The van der Waals surface area contributed by atoms with Gasteiger partial charge in [0, 0.05) is 9.90 Å². The number of hydrogen-bond acceptors (Lipinski definition) is 4. The third kappa shape index (κ3) is 4.93. The third-order valence-corrected chi connectivity index (χ3v) is 6.89. The van der Waals surface area contributed by atoms with Gasteiger partial charge in [-0.15, -0.1) is 11.3 Å². The Morgan fingerprint density at radius 3 is 2.52 bits per heavy atom. The topological polar surface area (TPSA) is 81.4 Å². The molecule has 156 valence electrons. The van der Waals surface area contributed by atoms with E-state index in [1.54, 1.807) is 31.2 Å². The lowest BCUT2D eigenvalue weighted by Crippen LogP contribution is -2.30. The minimum atomic E-state index is -0.738. The van der Waals surface area contributed by atoms with Gasteiger partial charge in [-0.2, -0.15) is 0 Å². The monoisotopic (exact) mass is 434 g/mol. The molecule has 2 amide bonds. The summed E-state index contributed by atoms with van der Waals surface area (Å²) in [5.41, 5.74) is 7.30. The largest absolute Gasteiger partial charge is 0.481 e. The standard InChI is InChI=1S/C22H27ClN2O3S/c1-12(28-15-8-6-14(23)7-9-15)20(27)25-21-18(19(24)26)16-10-5-13(22(2,3)4)11-17(16)29-21/h6-9,12-13H,5,10-11H2,1-4H3,(H2,24,26)(H,25,27)/t12-,13-/m0/s1. The number of hydrogen-bond donors (Lipinski definition) is 2. The van der Waals surface area contributed by atoms with Gasteiger partial charge in [-0.1, -0.05) is 32.4 Å². The molecule has 1 aromatic carbocycles. The molecule has 29 heavy (non-hydrogen) atoms. The van der Waals surface area contributed by atoms with Crippen molar-refractivity contribution in [2.45, 2.75) is 53.1 Å². The summed E-state index contributed by atoms with van der Waals surface area (Å²) in [6.45, 7) is 8.38. The average Bonchev–Trinajstić information content (AvgIpc) is 2.99. The van der Waals surface area contributed by atoms with Gasteiger partial charge in [0.15, 0.2) is 6.10 Å². The second-order valence-electron chi connectivity index (χ2n) is 8.58. The SMILES string of the molecule is C[C@H](Oc1ccc(Cl)cc1)C(=O)Nc1sc2c(c1C(N)=O)CC[C@H](C(C)(C)C)C2. The normalized spacial score (nSPS) is 17.3. The van der Waals surface area contributed by atoms with Crippen LogP contribution >= 0.6 is 22.9 Å². The van der Waals surface area contributed by atoms with Crippen molar-refractivity contribution < 1.29 is 14.3 Å². The fraction of sp³-hybridized carbons (Fsp3) is 0.455. The average molecular weight is 435 g/mol. The molecular weight excluding hydrogens is 408 g/mol. The molecule has 2 aromatic rings. The first-order valence-electron chi connectivity index (χ1n) is 9.73. The Balaban J connectivity index is 1.78. The van der Waals surface area contributed by atoms with Gasteiger partial charge >= 0.3 is 0 Å². The summed E-state index contributed by atoms with van der Waals surface area (Å²) in [4.78, 5) is 26.0. The number of anilines is 1. The van der Waals surface area contributed by atoms with E-state index in [-0.39, 0.29) is 11.3 Å². The highest BCUT2D eigenvalue weighted by Crippen LogP contribution is 2.44. The lowest BCUT2D eigenvalue weighted by molar-refractivity contribution is -0.122. The van der Waals surface area contributed by atoms with Crippen LogP contribution < -0.4 is 15.8 Å². The summed E-state index contributed by atoms with van der Waals surface area (Å²) in [6, 6.07) is 6.81. The number of amides is 2. The number of carbonyl (C=O) groups is 2. The van der Waals surface area contributed by atoms with Crippen molar-refractivity contribution >= 4 is 39.8 Å². The van der Waals surface area contributed by atoms with Crippen LogP contribution in [0.15, 0.2) is 24.3 Å². The molecule has 0 bridgehead atoms. The molecule has 1 aliphatic carbocycles. The number of thiophene rings is 1. The van der Waals surface area contributed by atoms with Crippen LogP contribution in [0.5, 0.6) is 5.75 Å². The van der Waals surface area contributed by atoms with E-state index in [9.17, 15) is 9.59 Å². The Labute approximate surface area is 180 Å². The molecule has 1 heterocycles. The zero-order chi connectivity index (χ0) is 21.3. The number of primary amides is 1. The van der Waals surface area contributed by atoms with Crippen LogP contribution in [0.25, 0.3) is 0 Å². The summed E-state index contributed by atoms with van der Waals surface area (Å²) < 4.78 is 5.69. The van der Waals surface area contributed by atoms with Crippen molar-refractivity contribution in [1.29, 1.82) is 0 Å². The van der Waals surface area contributed by atoms with Gasteiger partial charge in [0.1, 0.15) is 10.8 Å². The molecule has 5 nitrogen and oxygen atoms in total. The second-order valence-corrected chi connectivity index (χ2v) is 10.1. The predicted molar refractivity (Wildman–Crippen MR) is 118 cm³/mol. The number of nitrogens with one attached hydrogen (secondary N) is 1. The maximum atomic E-state index is 12.7. The number of ether oxygens (including phenoxy) is 1. The molecule has 3 rings (SSSR count). The Hall–Kier alpha value is -2.05. The summed E-state index contributed by atoms with van der Waals surface area (Å²) >= 11 is 7.33. The van der Waals surface area contributed by atoms with Gasteiger partial charge in [0.05, 0.1) is 5.56 Å². The Morgan fingerprint density at radius 1 is 1.28 bits per heavy atom. The van der Waals surface area contributed by atoms with E-state index >= 15 is 0 Å². The minimum absolute atomic E-state index is 0.193. The van der Waals surface area contributed by atoms with Gasteiger partial charge in [0.2, 0.25) is 0 Å². The molecule has 0 saturated heterocycles. The summed E-state index contributed by atoms with van der Waals surface area (Å²) in [5.74, 6) is 0.252. The Bertz CT molecular complexity index is 915. The van der Waals surface area contributed by atoms with E-state index in [4.69, 9.17) is 22.1 Å². The molecule has 1 aromatic heterocycles. The first-order chi connectivity index (χ1) is 13.6. The molecule has 0 aliphatic heterocycles. The lowest BCUT2D eigenvalue weighted by Gasteiger charge is -2.33. The fourth-order valence-electron chi connectivity index (χ4n) is 3.66.